The predicted octanol–water partition coefficient (Wildman–Crippen LogP) is 5.19. The summed E-state index contributed by atoms with van der Waals surface area (Å²) in [4.78, 5) is 2.59. The predicted molar refractivity (Wildman–Crippen MR) is 91.4 cm³/mol. The van der Waals surface area contributed by atoms with Crippen molar-refractivity contribution in [2.24, 2.45) is 5.73 Å². The second-order valence-electron chi connectivity index (χ2n) is 4.99. The summed E-state index contributed by atoms with van der Waals surface area (Å²) in [6.45, 7) is 4.29. The van der Waals surface area contributed by atoms with Gasteiger partial charge in [0.2, 0.25) is 0 Å². The summed E-state index contributed by atoms with van der Waals surface area (Å²) < 4.78 is 1.11. The van der Waals surface area contributed by atoms with Gasteiger partial charge in [0, 0.05) is 20.3 Å². The maximum atomic E-state index is 6.11. The molecule has 1 atom stereocenters. The lowest BCUT2D eigenvalue weighted by atomic mass is 10.1. The first-order chi connectivity index (χ1) is 9.60. The molecule has 0 aromatic heterocycles. The van der Waals surface area contributed by atoms with Crippen LogP contribution in [0.2, 0.25) is 0 Å². The number of aryl methyl sites for hydroxylation is 1. The lowest BCUT2D eigenvalue weighted by Crippen LogP contribution is -2.21. The van der Waals surface area contributed by atoms with Gasteiger partial charge in [-0.2, -0.15) is 0 Å². The van der Waals surface area contributed by atoms with Gasteiger partial charge in [0.05, 0.1) is 0 Å². The highest BCUT2D eigenvalue weighted by Crippen LogP contribution is 2.34. The molecule has 0 saturated carbocycles. The van der Waals surface area contributed by atoms with Crippen molar-refractivity contribution in [2.75, 3.05) is 0 Å². The molecular weight excluding hydrogens is 330 g/mol. The zero-order valence-corrected chi connectivity index (χ0v) is 14.3. The summed E-state index contributed by atoms with van der Waals surface area (Å²) in [6.07, 6.45) is 1.93. The van der Waals surface area contributed by atoms with E-state index in [-0.39, 0.29) is 6.04 Å². The molecular formula is C17H20BrNS. The Labute approximate surface area is 134 Å². The Morgan fingerprint density at radius 3 is 2.60 bits per heavy atom. The average molecular weight is 350 g/mol. The summed E-state index contributed by atoms with van der Waals surface area (Å²) in [5.74, 6) is 0. The quantitative estimate of drug-likeness (QED) is 0.803. The molecule has 2 aromatic rings. The number of benzene rings is 2. The fourth-order valence-corrected chi connectivity index (χ4v) is 3.60. The Hall–Kier alpha value is -0.770. The van der Waals surface area contributed by atoms with Gasteiger partial charge in [0.15, 0.2) is 0 Å². The monoisotopic (exact) mass is 349 g/mol. The molecule has 0 amide bonds. The molecule has 2 aromatic carbocycles. The van der Waals surface area contributed by atoms with Crippen molar-refractivity contribution in [3.8, 4) is 0 Å². The minimum atomic E-state index is 0.229. The highest BCUT2D eigenvalue weighted by Gasteiger charge is 2.10. The van der Waals surface area contributed by atoms with Crippen LogP contribution in [0, 0.1) is 6.92 Å². The van der Waals surface area contributed by atoms with Crippen molar-refractivity contribution >= 4 is 27.7 Å². The van der Waals surface area contributed by atoms with Crippen LogP contribution < -0.4 is 5.73 Å². The lowest BCUT2D eigenvalue weighted by Gasteiger charge is -2.14. The van der Waals surface area contributed by atoms with Gasteiger partial charge in [0.25, 0.3) is 0 Å². The Balaban J connectivity index is 2.30. The number of nitrogens with two attached hydrogens (primary N) is 1. The Kier molecular flexibility index (Phi) is 5.70. The maximum absolute atomic E-state index is 6.11. The van der Waals surface area contributed by atoms with Crippen LogP contribution in [0.1, 0.15) is 24.5 Å². The maximum Gasteiger partial charge on any atom is 0.0186 e. The van der Waals surface area contributed by atoms with Crippen LogP contribution in [-0.2, 0) is 6.42 Å². The number of hydrogen-bond donors (Lipinski definition) is 1. The normalized spacial score (nSPS) is 12.4. The third kappa shape index (κ3) is 4.11. The van der Waals surface area contributed by atoms with Gasteiger partial charge in [-0.05, 0) is 49.1 Å². The Bertz CT molecular complexity index is 583. The molecule has 0 aliphatic rings. The number of rotatable bonds is 5. The highest BCUT2D eigenvalue weighted by molar-refractivity contribution is 9.10. The highest BCUT2D eigenvalue weighted by atomic mass is 79.9. The number of halogens is 1. The number of hydrogen-bond acceptors (Lipinski definition) is 2. The van der Waals surface area contributed by atoms with E-state index in [0.29, 0.717) is 0 Å². The van der Waals surface area contributed by atoms with Crippen LogP contribution in [0.4, 0.5) is 0 Å². The SMILES string of the molecule is CCC(N)Cc1ccc(Br)cc1Sc1ccccc1C. The van der Waals surface area contributed by atoms with E-state index < -0.39 is 0 Å². The first-order valence-electron chi connectivity index (χ1n) is 6.87. The molecule has 0 heterocycles. The van der Waals surface area contributed by atoms with Crippen LogP contribution in [0.3, 0.4) is 0 Å². The van der Waals surface area contributed by atoms with E-state index in [1.807, 2.05) is 11.8 Å². The molecule has 0 spiro atoms. The minimum absolute atomic E-state index is 0.229. The fourth-order valence-electron chi connectivity index (χ4n) is 2.01. The van der Waals surface area contributed by atoms with Crippen molar-refractivity contribution in [3.05, 3.63) is 58.1 Å². The van der Waals surface area contributed by atoms with E-state index in [0.717, 1.165) is 17.3 Å². The molecule has 106 valence electrons. The molecule has 2 N–H and O–H groups in total. The zero-order valence-electron chi connectivity index (χ0n) is 11.9. The molecule has 0 bridgehead atoms. The van der Waals surface area contributed by atoms with E-state index in [1.54, 1.807) is 0 Å². The van der Waals surface area contributed by atoms with Crippen LogP contribution in [0.15, 0.2) is 56.7 Å². The first kappa shape index (κ1) is 15.6. The molecule has 3 heteroatoms. The third-order valence-electron chi connectivity index (χ3n) is 3.35. The summed E-state index contributed by atoms with van der Waals surface area (Å²) in [5, 5.41) is 0. The molecule has 20 heavy (non-hydrogen) atoms. The summed E-state index contributed by atoms with van der Waals surface area (Å²) >= 11 is 5.39. The van der Waals surface area contributed by atoms with Gasteiger partial charge in [-0.1, -0.05) is 58.9 Å². The molecule has 1 unspecified atom stereocenters. The summed E-state index contributed by atoms with van der Waals surface area (Å²) in [5.41, 5.74) is 8.75. The van der Waals surface area contributed by atoms with Gasteiger partial charge in [-0.15, -0.1) is 0 Å². The summed E-state index contributed by atoms with van der Waals surface area (Å²) in [6, 6.07) is 15.2. The average Bonchev–Trinajstić information content (AvgIpc) is 2.44. The van der Waals surface area contributed by atoms with Crippen LogP contribution in [0.25, 0.3) is 0 Å². The van der Waals surface area contributed by atoms with E-state index in [1.165, 1.54) is 20.9 Å². The van der Waals surface area contributed by atoms with Crippen molar-refractivity contribution in [1.29, 1.82) is 0 Å². The van der Waals surface area contributed by atoms with Gasteiger partial charge in [0.1, 0.15) is 0 Å². The van der Waals surface area contributed by atoms with Gasteiger partial charge < -0.3 is 5.73 Å². The second kappa shape index (κ2) is 7.30. The van der Waals surface area contributed by atoms with Crippen LogP contribution in [0.5, 0.6) is 0 Å². The van der Waals surface area contributed by atoms with Crippen molar-refractivity contribution < 1.29 is 0 Å². The smallest absolute Gasteiger partial charge is 0.0186 e. The molecule has 1 nitrogen and oxygen atoms in total. The van der Waals surface area contributed by atoms with E-state index in [2.05, 4.69) is 72.2 Å². The lowest BCUT2D eigenvalue weighted by molar-refractivity contribution is 0.641. The Morgan fingerprint density at radius 2 is 1.90 bits per heavy atom. The standard InChI is InChI=1S/C17H20BrNS/c1-3-15(19)10-13-8-9-14(18)11-17(13)20-16-7-5-4-6-12(16)2/h4-9,11,15H,3,10,19H2,1-2H3. The van der Waals surface area contributed by atoms with Crippen LogP contribution in [-0.4, -0.2) is 6.04 Å². The van der Waals surface area contributed by atoms with Crippen molar-refractivity contribution in [3.63, 3.8) is 0 Å². The third-order valence-corrected chi connectivity index (χ3v) is 5.12. The van der Waals surface area contributed by atoms with Crippen molar-refractivity contribution in [2.45, 2.75) is 42.5 Å². The summed E-state index contributed by atoms with van der Waals surface area (Å²) in [7, 11) is 0. The molecule has 0 aliphatic heterocycles. The van der Waals surface area contributed by atoms with E-state index in [9.17, 15) is 0 Å². The van der Waals surface area contributed by atoms with E-state index >= 15 is 0 Å². The molecule has 0 saturated heterocycles. The second-order valence-corrected chi connectivity index (χ2v) is 6.99. The zero-order chi connectivity index (χ0) is 14.5. The van der Waals surface area contributed by atoms with Gasteiger partial charge >= 0.3 is 0 Å². The molecule has 0 fully saturated rings. The van der Waals surface area contributed by atoms with Gasteiger partial charge in [-0.25, -0.2) is 0 Å². The Morgan fingerprint density at radius 1 is 1.15 bits per heavy atom. The largest absolute Gasteiger partial charge is 0.327 e. The molecule has 2 rings (SSSR count). The van der Waals surface area contributed by atoms with Crippen LogP contribution >= 0.6 is 27.7 Å². The van der Waals surface area contributed by atoms with Crippen molar-refractivity contribution in [1.82, 2.24) is 0 Å². The van der Waals surface area contributed by atoms with Gasteiger partial charge in [-0.3, -0.25) is 0 Å². The fraction of sp³-hybridized carbons (Fsp3) is 0.294. The molecule has 0 aliphatic carbocycles. The van der Waals surface area contributed by atoms with E-state index in [4.69, 9.17) is 5.73 Å². The topological polar surface area (TPSA) is 26.0 Å². The first-order valence-corrected chi connectivity index (χ1v) is 8.48. The minimum Gasteiger partial charge on any atom is -0.327 e. The molecule has 0 radical (unpaired) electrons.